The predicted molar refractivity (Wildman–Crippen MR) is 118 cm³/mol. The summed E-state index contributed by atoms with van der Waals surface area (Å²) in [6.07, 6.45) is 0.511. The number of hydrogen-bond donors (Lipinski definition) is 1. The molecule has 0 radical (unpaired) electrons. The van der Waals surface area contributed by atoms with Crippen molar-refractivity contribution in [1.82, 2.24) is 4.98 Å². The number of para-hydroxylation sites is 1. The number of carbonyl (C=O) groups excluding carboxylic acids is 2. The van der Waals surface area contributed by atoms with Crippen LogP contribution in [0.4, 0.5) is 0 Å². The van der Waals surface area contributed by atoms with Crippen LogP contribution < -0.4 is 0 Å². The molecule has 1 atom stereocenters. The van der Waals surface area contributed by atoms with Gasteiger partial charge in [-0.3, -0.25) is 9.59 Å². The molecule has 0 bridgehead atoms. The van der Waals surface area contributed by atoms with Crippen molar-refractivity contribution in [3.05, 3.63) is 106 Å². The molecule has 4 nitrogen and oxygen atoms in total. The summed E-state index contributed by atoms with van der Waals surface area (Å²) in [5.41, 5.74) is 2.49. The van der Waals surface area contributed by atoms with Crippen molar-refractivity contribution >= 4 is 45.9 Å². The zero-order valence-electron chi connectivity index (χ0n) is 15.8. The second-order valence-electron chi connectivity index (χ2n) is 6.81. The molecule has 4 aromatic rings. The summed E-state index contributed by atoms with van der Waals surface area (Å²) in [6.45, 7) is 0. The first-order valence-electron chi connectivity index (χ1n) is 9.31. The Morgan fingerprint density at radius 2 is 1.67 bits per heavy atom. The molecule has 0 saturated carbocycles. The highest BCUT2D eigenvalue weighted by Gasteiger charge is 2.28. The van der Waals surface area contributed by atoms with Gasteiger partial charge in [-0.2, -0.15) is 0 Å². The maximum atomic E-state index is 13.4. The van der Waals surface area contributed by atoms with Crippen LogP contribution in [0.2, 0.25) is 10.0 Å². The zero-order chi connectivity index (χ0) is 21.1. The van der Waals surface area contributed by atoms with E-state index in [1.807, 2.05) is 30.3 Å². The lowest BCUT2D eigenvalue weighted by atomic mass is 9.99. The van der Waals surface area contributed by atoms with Crippen LogP contribution in [0.1, 0.15) is 27.6 Å². The quantitative estimate of drug-likeness (QED) is 0.289. The van der Waals surface area contributed by atoms with E-state index in [9.17, 15) is 9.59 Å². The highest BCUT2D eigenvalue weighted by molar-refractivity contribution is 6.35. The van der Waals surface area contributed by atoms with Crippen molar-refractivity contribution in [2.75, 3.05) is 0 Å². The summed E-state index contributed by atoms with van der Waals surface area (Å²) in [6, 6.07) is 21.4. The van der Waals surface area contributed by atoms with E-state index >= 15 is 0 Å². The number of nitrogens with one attached hydrogen (secondary N) is 1. The van der Waals surface area contributed by atoms with Gasteiger partial charge in [0, 0.05) is 38.3 Å². The van der Waals surface area contributed by atoms with Gasteiger partial charge in [-0.1, -0.05) is 77.8 Å². The number of halogens is 2. The van der Waals surface area contributed by atoms with E-state index in [4.69, 9.17) is 27.9 Å². The van der Waals surface area contributed by atoms with Crippen LogP contribution in [0.15, 0.2) is 79.0 Å². The molecular weight excluding hydrogens is 421 g/mol. The zero-order valence-corrected chi connectivity index (χ0v) is 17.3. The molecule has 4 rings (SSSR count). The van der Waals surface area contributed by atoms with Crippen molar-refractivity contribution in [3.63, 3.8) is 0 Å². The number of fused-ring (bicyclic) bond motifs is 1. The standard InChI is InChI=1S/C24H17Cl2NO3/c25-17-11-10-16(20(26)13-17)12-22(28)30-24(15-6-2-1-3-7-15)23(29)19-14-27-21-9-5-4-8-18(19)21/h1-11,13-14,24,27H,12H2. The van der Waals surface area contributed by atoms with Gasteiger partial charge in [0.05, 0.1) is 6.42 Å². The minimum absolute atomic E-state index is 0.0689. The van der Waals surface area contributed by atoms with Gasteiger partial charge in [0.25, 0.3) is 0 Å². The summed E-state index contributed by atoms with van der Waals surface area (Å²) in [5.74, 6) is -0.851. The molecule has 0 amide bonds. The summed E-state index contributed by atoms with van der Waals surface area (Å²) < 4.78 is 5.67. The number of H-pyrrole nitrogens is 1. The molecule has 0 aliphatic carbocycles. The minimum atomic E-state index is -1.07. The Balaban J connectivity index is 1.63. The van der Waals surface area contributed by atoms with Crippen molar-refractivity contribution in [2.24, 2.45) is 0 Å². The molecule has 1 aromatic heterocycles. The van der Waals surface area contributed by atoms with E-state index in [0.29, 0.717) is 26.7 Å². The molecule has 1 N–H and O–H groups in total. The number of hydrogen-bond acceptors (Lipinski definition) is 3. The minimum Gasteiger partial charge on any atom is -0.449 e. The number of carbonyl (C=O) groups is 2. The van der Waals surface area contributed by atoms with Crippen LogP contribution in [0.5, 0.6) is 0 Å². The molecule has 3 aromatic carbocycles. The Kier molecular flexibility index (Phi) is 5.88. The average Bonchev–Trinajstić information content (AvgIpc) is 3.18. The van der Waals surface area contributed by atoms with Crippen LogP contribution in [-0.2, 0) is 16.0 Å². The van der Waals surface area contributed by atoms with E-state index in [1.165, 1.54) is 0 Å². The molecule has 0 aliphatic heterocycles. The number of esters is 1. The number of benzene rings is 3. The Hall–Kier alpha value is -3.08. The van der Waals surface area contributed by atoms with Crippen LogP contribution in [0, 0.1) is 0 Å². The first-order valence-corrected chi connectivity index (χ1v) is 10.1. The Bertz CT molecular complexity index is 1220. The molecule has 1 heterocycles. The van der Waals surface area contributed by atoms with Crippen molar-refractivity contribution in [1.29, 1.82) is 0 Å². The highest BCUT2D eigenvalue weighted by atomic mass is 35.5. The number of Topliss-reactive ketones (excluding diaryl/α,β-unsaturated/α-hetero) is 1. The summed E-state index contributed by atoms with van der Waals surface area (Å²) >= 11 is 12.1. The lowest BCUT2D eigenvalue weighted by Gasteiger charge is -2.17. The van der Waals surface area contributed by atoms with E-state index < -0.39 is 12.1 Å². The van der Waals surface area contributed by atoms with Gasteiger partial charge in [0.2, 0.25) is 5.78 Å². The van der Waals surface area contributed by atoms with Crippen molar-refractivity contribution in [2.45, 2.75) is 12.5 Å². The molecule has 1 unspecified atom stereocenters. The number of ketones is 1. The van der Waals surface area contributed by atoms with Crippen molar-refractivity contribution in [3.8, 4) is 0 Å². The third kappa shape index (κ3) is 4.25. The van der Waals surface area contributed by atoms with Gasteiger partial charge in [-0.05, 0) is 23.8 Å². The van der Waals surface area contributed by atoms with Gasteiger partial charge in [0.15, 0.2) is 6.10 Å². The van der Waals surface area contributed by atoms with E-state index in [2.05, 4.69) is 4.98 Å². The molecule has 30 heavy (non-hydrogen) atoms. The molecule has 0 aliphatic rings. The topological polar surface area (TPSA) is 59.2 Å². The fourth-order valence-corrected chi connectivity index (χ4v) is 3.79. The number of ether oxygens (including phenoxy) is 1. The molecule has 0 spiro atoms. The summed E-state index contributed by atoms with van der Waals surface area (Å²) in [4.78, 5) is 29.2. The van der Waals surface area contributed by atoms with Gasteiger partial charge >= 0.3 is 5.97 Å². The molecule has 0 fully saturated rings. The molecule has 6 heteroatoms. The van der Waals surface area contributed by atoms with Crippen LogP contribution in [0.3, 0.4) is 0 Å². The first kappa shape index (κ1) is 20.2. The Labute approximate surface area is 183 Å². The first-order chi connectivity index (χ1) is 14.5. The fraction of sp³-hybridized carbons (Fsp3) is 0.0833. The van der Waals surface area contributed by atoms with Gasteiger partial charge in [-0.25, -0.2) is 0 Å². The van der Waals surface area contributed by atoms with Gasteiger partial charge < -0.3 is 9.72 Å². The predicted octanol–water partition coefficient (Wildman–Crippen LogP) is 6.18. The monoisotopic (exact) mass is 437 g/mol. The van der Waals surface area contributed by atoms with Crippen LogP contribution >= 0.6 is 23.2 Å². The molecule has 0 saturated heterocycles. The summed E-state index contributed by atoms with van der Waals surface area (Å²) in [5, 5.41) is 1.63. The second-order valence-corrected chi connectivity index (χ2v) is 7.65. The smallest absolute Gasteiger partial charge is 0.311 e. The van der Waals surface area contributed by atoms with Crippen LogP contribution in [-0.4, -0.2) is 16.7 Å². The Morgan fingerprint density at radius 3 is 2.43 bits per heavy atom. The van der Waals surface area contributed by atoms with Gasteiger partial charge in [-0.15, -0.1) is 0 Å². The molecular formula is C24H17Cl2NO3. The fourth-order valence-electron chi connectivity index (χ4n) is 3.31. The van der Waals surface area contributed by atoms with Crippen LogP contribution in [0.25, 0.3) is 10.9 Å². The lowest BCUT2D eigenvalue weighted by molar-refractivity contribution is -0.146. The second kappa shape index (κ2) is 8.74. The SMILES string of the molecule is O=C(Cc1ccc(Cl)cc1Cl)OC(C(=O)c1c[nH]c2ccccc12)c1ccccc1. The Morgan fingerprint density at radius 1 is 0.933 bits per heavy atom. The van der Waals surface area contributed by atoms with E-state index in [1.54, 1.807) is 48.7 Å². The molecule has 150 valence electrons. The maximum Gasteiger partial charge on any atom is 0.311 e. The van der Waals surface area contributed by atoms with E-state index in [-0.39, 0.29) is 12.2 Å². The third-order valence-corrected chi connectivity index (χ3v) is 5.38. The van der Waals surface area contributed by atoms with E-state index in [0.717, 1.165) is 10.9 Å². The maximum absolute atomic E-state index is 13.4. The normalized spacial score (nSPS) is 11.9. The average molecular weight is 438 g/mol. The third-order valence-electron chi connectivity index (χ3n) is 4.79. The number of rotatable bonds is 6. The largest absolute Gasteiger partial charge is 0.449 e. The number of aromatic amines is 1. The lowest BCUT2D eigenvalue weighted by Crippen LogP contribution is -2.21. The van der Waals surface area contributed by atoms with Crippen molar-refractivity contribution < 1.29 is 14.3 Å². The summed E-state index contributed by atoms with van der Waals surface area (Å²) in [7, 11) is 0. The highest BCUT2D eigenvalue weighted by Crippen LogP contribution is 2.28. The van der Waals surface area contributed by atoms with Gasteiger partial charge in [0.1, 0.15) is 0 Å². The number of aromatic nitrogens is 1.